The lowest BCUT2D eigenvalue weighted by Crippen LogP contribution is -2.15. The molecule has 0 radical (unpaired) electrons. The maximum absolute atomic E-state index is 15.1. The van der Waals surface area contributed by atoms with Gasteiger partial charge in [0, 0.05) is 11.1 Å². The summed E-state index contributed by atoms with van der Waals surface area (Å²) in [7, 11) is 0. The molecule has 1 aliphatic rings. The second-order valence-electron chi connectivity index (χ2n) is 9.53. The first-order chi connectivity index (χ1) is 16.9. The van der Waals surface area contributed by atoms with Crippen LogP contribution in [-0.2, 0) is 6.42 Å². The Morgan fingerprint density at radius 1 is 0.714 bits per heavy atom. The van der Waals surface area contributed by atoms with E-state index in [2.05, 4.69) is 12.2 Å². The Balaban J connectivity index is 1.51. The minimum atomic E-state index is -0.893. The topological polar surface area (TPSA) is 0 Å². The zero-order valence-corrected chi connectivity index (χ0v) is 20.4. The van der Waals surface area contributed by atoms with Crippen molar-refractivity contribution in [1.29, 1.82) is 0 Å². The SMILES string of the molecule is C/C=C/CCC1CCC(c2ccc(-c3ccc(-c4ccc(CC)c(F)c4F)cc3)c(F)c2F)CC1. The molecule has 3 aromatic rings. The smallest absolute Gasteiger partial charge is 0.166 e. The molecule has 0 amide bonds. The molecule has 0 unspecified atom stereocenters. The number of halogens is 4. The Kier molecular flexibility index (Phi) is 8.10. The summed E-state index contributed by atoms with van der Waals surface area (Å²) in [6, 6.07) is 12.9. The molecule has 0 spiro atoms. The lowest BCUT2D eigenvalue weighted by atomic mass is 9.77. The summed E-state index contributed by atoms with van der Waals surface area (Å²) in [5.74, 6) is -2.66. The van der Waals surface area contributed by atoms with Crippen molar-refractivity contribution in [3.8, 4) is 22.3 Å². The number of aryl methyl sites for hydroxylation is 1. The van der Waals surface area contributed by atoms with Crippen LogP contribution < -0.4 is 0 Å². The third-order valence-corrected chi connectivity index (χ3v) is 7.43. The summed E-state index contributed by atoms with van der Waals surface area (Å²) >= 11 is 0. The minimum absolute atomic E-state index is 0.0443. The highest BCUT2D eigenvalue weighted by Gasteiger charge is 2.26. The van der Waals surface area contributed by atoms with Gasteiger partial charge in [0.15, 0.2) is 23.3 Å². The summed E-state index contributed by atoms with van der Waals surface area (Å²) in [6.07, 6.45) is 10.7. The van der Waals surface area contributed by atoms with Gasteiger partial charge in [0.1, 0.15) is 0 Å². The van der Waals surface area contributed by atoms with Gasteiger partial charge in [0.05, 0.1) is 0 Å². The summed E-state index contributed by atoms with van der Waals surface area (Å²) < 4.78 is 58.9. The molecule has 1 aliphatic carbocycles. The van der Waals surface area contributed by atoms with E-state index in [0.717, 1.165) is 38.5 Å². The summed E-state index contributed by atoms with van der Waals surface area (Å²) in [4.78, 5) is 0. The standard InChI is InChI=1S/C31H32F4/c1-3-5-6-7-20-8-10-22(11-9-20)26-18-19-27(31(35)30(26)34)24-14-12-23(13-15-24)25-17-16-21(4-2)28(32)29(25)33/h3,5,12-20,22H,4,6-11H2,1-2H3/b5-3+. The Morgan fingerprint density at radius 2 is 1.29 bits per heavy atom. The summed E-state index contributed by atoms with van der Waals surface area (Å²) in [5, 5.41) is 0. The highest BCUT2D eigenvalue weighted by atomic mass is 19.2. The Bertz CT molecular complexity index is 1190. The van der Waals surface area contributed by atoms with Gasteiger partial charge >= 0.3 is 0 Å². The largest absolute Gasteiger partial charge is 0.203 e. The van der Waals surface area contributed by atoms with Gasteiger partial charge in [-0.25, -0.2) is 17.6 Å². The van der Waals surface area contributed by atoms with Crippen molar-refractivity contribution in [2.45, 2.75) is 64.7 Å². The fraction of sp³-hybridized carbons (Fsp3) is 0.355. The number of hydrogen-bond acceptors (Lipinski definition) is 0. The van der Waals surface area contributed by atoms with Gasteiger partial charge in [-0.05, 0) is 86.0 Å². The van der Waals surface area contributed by atoms with Crippen molar-refractivity contribution in [3.05, 3.63) is 95.1 Å². The van der Waals surface area contributed by atoms with Gasteiger partial charge in [-0.15, -0.1) is 0 Å². The fourth-order valence-electron chi connectivity index (χ4n) is 5.28. The van der Waals surface area contributed by atoms with Gasteiger partial charge in [0.2, 0.25) is 0 Å². The second-order valence-corrected chi connectivity index (χ2v) is 9.53. The molecule has 0 N–H and O–H groups in total. The first-order valence-electron chi connectivity index (χ1n) is 12.6. The van der Waals surface area contributed by atoms with E-state index in [1.807, 2.05) is 6.92 Å². The molecule has 1 fully saturated rings. The fourth-order valence-corrected chi connectivity index (χ4v) is 5.28. The van der Waals surface area contributed by atoms with Crippen molar-refractivity contribution in [1.82, 2.24) is 0 Å². The van der Waals surface area contributed by atoms with E-state index in [0.29, 0.717) is 34.6 Å². The molecule has 0 heterocycles. The molecule has 1 saturated carbocycles. The van der Waals surface area contributed by atoms with Crippen LogP contribution in [0.5, 0.6) is 0 Å². The van der Waals surface area contributed by atoms with Crippen LogP contribution >= 0.6 is 0 Å². The van der Waals surface area contributed by atoms with E-state index >= 15 is 8.78 Å². The average Bonchev–Trinajstić information content (AvgIpc) is 2.88. The van der Waals surface area contributed by atoms with Gasteiger partial charge in [-0.1, -0.05) is 67.6 Å². The van der Waals surface area contributed by atoms with Crippen molar-refractivity contribution in [2.24, 2.45) is 5.92 Å². The zero-order chi connectivity index (χ0) is 24.9. The lowest BCUT2D eigenvalue weighted by molar-refractivity contribution is 0.306. The molecular weight excluding hydrogens is 448 g/mol. The molecule has 35 heavy (non-hydrogen) atoms. The molecule has 4 heteroatoms. The van der Waals surface area contributed by atoms with Crippen LogP contribution in [-0.4, -0.2) is 0 Å². The van der Waals surface area contributed by atoms with Gasteiger partial charge < -0.3 is 0 Å². The predicted octanol–water partition coefficient (Wildman–Crippen LogP) is 9.77. The molecule has 3 aromatic carbocycles. The maximum Gasteiger partial charge on any atom is 0.166 e. The van der Waals surface area contributed by atoms with Crippen molar-refractivity contribution < 1.29 is 17.6 Å². The van der Waals surface area contributed by atoms with E-state index in [4.69, 9.17) is 0 Å². The molecular formula is C31H32F4. The van der Waals surface area contributed by atoms with Gasteiger partial charge in [-0.3, -0.25) is 0 Å². The first-order valence-corrected chi connectivity index (χ1v) is 12.6. The lowest BCUT2D eigenvalue weighted by Gasteiger charge is -2.29. The van der Waals surface area contributed by atoms with E-state index < -0.39 is 23.3 Å². The van der Waals surface area contributed by atoms with E-state index in [-0.39, 0.29) is 17.0 Å². The highest BCUT2D eigenvalue weighted by Crippen LogP contribution is 2.40. The first kappa shape index (κ1) is 25.2. The van der Waals surface area contributed by atoms with Crippen LogP contribution in [0.15, 0.2) is 60.7 Å². The molecule has 0 aromatic heterocycles. The monoisotopic (exact) mass is 480 g/mol. The third kappa shape index (κ3) is 5.37. The van der Waals surface area contributed by atoms with E-state index in [1.165, 1.54) is 0 Å². The average molecular weight is 481 g/mol. The van der Waals surface area contributed by atoms with Crippen molar-refractivity contribution >= 4 is 0 Å². The second kappa shape index (κ2) is 11.2. The van der Waals surface area contributed by atoms with Gasteiger partial charge in [-0.2, -0.15) is 0 Å². The van der Waals surface area contributed by atoms with Crippen LogP contribution in [0.4, 0.5) is 17.6 Å². The van der Waals surface area contributed by atoms with E-state index in [1.54, 1.807) is 55.5 Å². The Labute approximate surface area is 205 Å². The number of hydrogen-bond donors (Lipinski definition) is 0. The minimum Gasteiger partial charge on any atom is -0.203 e. The van der Waals surface area contributed by atoms with Crippen LogP contribution in [0.2, 0.25) is 0 Å². The van der Waals surface area contributed by atoms with Crippen molar-refractivity contribution in [2.75, 3.05) is 0 Å². The molecule has 0 aliphatic heterocycles. The highest BCUT2D eigenvalue weighted by molar-refractivity contribution is 5.71. The normalized spacial score (nSPS) is 18.3. The molecule has 184 valence electrons. The van der Waals surface area contributed by atoms with Gasteiger partial charge in [0.25, 0.3) is 0 Å². The van der Waals surface area contributed by atoms with Crippen LogP contribution in [0.3, 0.4) is 0 Å². The van der Waals surface area contributed by atoms with Crippen LogP contribution in [0.25, 0.3) is 22.3 Å². The molecule has 0 atom stereocenters. The quantitative estimate of drug-likeness (QED) is 0.233. The molecule has 0 bridgehead atoms. The number of allylic oxidation sites excluding steroid dienone is 2. The summed E-state index contributed by atoms with van der Waals surface area (Å²) in [5.41, 5.74) is 2.08. The predicted molar refractivity (Wildman–Crippen MR) is 135 cm³/mol. The van der Waals surface area contributed by atoms with Crippen LogP contribution in [0.1, 0.15) is 69.4 Å². The molecule has 0 nitrogen and oxygen atoms in total. The summed E-state index contributed by atoms with van der Waals surface area (Å²) in [6.45, 7) is 3.79. The van der Waals surface area contributed by atoms with E-state index in [9.17, 15) is 8.78 Å². The Hall–Kier alpha value is -2.88. The molecule has 4 rings (SSSR count). The zero-order valence-electron chi connectivity index (χ0n) is 20.4. The third-order valence-electron chi connectivity index (χ3n) is 7.43. The Morgan fingerprint density at radius 3 is 1.86 bits per heavy atom. The maximum atomic E-state index is 15.1. The number of benzene rings is 3. The number of rotatable bonds is 7. The van der Waals surface area contributed by atoms with Crippen LogP contribution in [0, 0.1) is 29.2 Å². The molecule has 0 saturated heterocycles. The van der Waals surface area contributed by atoms with Crippen molar-refractivity contribution in [3.63, 3.8) is 0 Å².